The number of aromatic nitrogens is 1. The van der Waals surface area contributed by atoms with Crippen molar-refractivity contribution in [3.8, 4) is 11.3 Å². The highest BCUT2D eigenvalue weighted by Crippen LogP contribution is 2.33. The molecule has 4 N–H and O–H groups in total. The van der Waals surface area contributed by atoms with Crippen LogP contribution in [0, 0.1) is 6.92 Å². The Hall–Kier alpha value is -4.08. The third-order valence-corrected chi connectivity index (χ3v) is 6.51. The standard InChI is InChI=1S/C28H29N3O6/c1-17-6-4-7-19(14-17)23-10-5-13-31(23)27(35)25(33)24(32)26(34)30-16-18-11-12-22(29-15-18)20-8-2-3-9-21(20)28(36)37/h2-4,6-9,11-12,14-15,23-25,32-33H,5,10,13,16H2,1H3,(H,30,34)(H,36,37)/t23?,24-,25-/m1/s1. The smallest absolute Gasteiger partial charge is 0.336 e. The topological polar surface area (TPSA) is 140 Å². The number of aliphatic hydroxyl groups excluding tert-OH is 2. The molecule has 1 saturated heterocycles. The van der Waals surface area contributed by atoms with Gasteiger partial charge in [0, 0.05) is 24.8 Å². The number of amides is 2. The number of carboxylic acids is 1. The third-order valence-electron chi connectivity index (χ3n) is 6.51. The van der Waals surface area contributed by atoms with Crippen LogP contribution in [0.3, 0.4) is 0 Å². The van der Waals surface area contributed by atoms with E-state index in [-0.39, 0.29) is 18.2 Å². The van der Waals surface area contributed by atoms with Crippen molar-refractivity contribution in [1.29, 1.82) is 0 Å². The molecule has 3 aromatic rings. The molecule has 0 bridgehead atoms. The number of benzene rings is 2. The molecule has 4 rings (SSSR count). The van der Waals surface area contributed by atoms with Crippen molar-refractivity contribution in [1.82, 2.24) is 15.2 Å². The number of carbonyl (C=O) groups excluding carboxylic acids is 2. The largest absolute Gasteiger partial charge is 0.478 e. The first kappa shape index (κ1) is 26.0. The van der Waals surface area contributed by atoms with Gasteiger partial charge in [0.2, 0.25) is 0 Å². The Morgan fingerprint density at radius 2 is 1.84 bits per heavy atom. The van der Waals surface area contributed by atoms with Crippen LogP contribution in [0.25, 0.3) is 11.3 Å². The zero-order valence-corrected chi connectivity index (χ0v) is 20.4. The van der Waals surface area contributed by atoms with Crippen molar-refractivity contribution in [2.45, 2.75) is 44.6 Å². The van der Waals surface area contributed by atoms with E-state index in [0.29, 0.717) is 23.4 Å². The first-order valence-electron chi connectivity index (χ1n) is 12.0. The zero-order valence-electron chi connectivity index (χ0n) is 20.4. The van der Waals surface area contributed by atoms with Gasteiger partial charge in [0.15, 0.2) is 12.2 Å². The second-order valence-corrected chi connectivity index (χ2v) is 9.11. The lowest BCUT2D eigenvalue weighted by Crippen LogP contribution is -2.50. The van der Waals surface area contributed by atoms with E-state index in [9.17, 15) is 29.7 Å². The molecule has 1 aromatic heterocycles. The van der Waals surface area contributed by atoms with Gasteiger partial charge in [0.05, 0.1) is 17.3 Å². The molecule has 9 nitrogen and oxygen atoms in total. The highest BCUT2D eigenvalue weighted by atomic mass is 16.4. The van der Waals surface area contributed by atoms with Gasteiger partial charge in [-0.3, -0.25) is 14.6 Å². The second-order valence-electron chi connectivity index (χ2n) is 9.11. The number of pyridine rings is 1. The third kappa shape index (κ3) is 5.84. The first-order chi connectivity index (χ1) is 17.8. The SMILES string of the molecule is Cc1cccc(C2CCCN2C(=O)[C@H](O)[C@@H](O)C(=O)NCc2ccc(-c3ccccc3C(=O)O)nc2)c1. The van der Waals surface area contributed by atoms with Gasteiger partial charge in [-0.2, -0.15) is 0 Å². The molecule has 0 spiro atoms. The number of hydrogen-bond donors (Lipinski definition) is 4. The molecule has 3 atom stereocenters. The zero-order chi connectivity index (χ0) is 26.5. The summed E-state index contributed by atoms with van der Waals surface area (Å²) in [7, 11) is 0. The Morgan fingerprint density at radius 3 is 2.54 bits per heavy atom. The minimum absolute atomic E-state index is 0.000290. The summed E-state index contributed by atoms with van der Waals surface area (Å²) in [5, 5.41) is 32.8. The average molecular weight is 504 g/mol. The lowest BCUT2D eigenvalue weighted by Gasteiger charge is -2.28. The van der Waals surface area contributed by atoms with E-state index in [1.807, 2.05) is 31.2 Å². The molecule has 0 aliphatic carbocycles. The number of carbonyl (C=O) groups is 3. The Balaban J connectivity index is 1.36. The quantitative estimate of drug-likeness (QED) is 0.370. The van der Waals surface area contributed by atoms with Gasteiger partial charge in [-0.25, -0.2) is 4.79 Å². The van der Waals surface area contributed by atoms with Gasteiger partial charge < -0.3 is 25.5 Å². The molecule has 1 unspecified atom stereocenters. The van der Waals surface area contributed by atoms with Crippen molar-refractivity contribution >= 4 is 17.8 Å². The van der Waals surface area contributed by atoms with Gasteiger partial charge in [-0.1, -0.05) is 54.1 Å². The van der Waals surface area contributed by atoms with E-state index in [4.69, 9.17) is 0 Å². The number of rotatable bonds is 8. The van der Waals surface area contributed by atoms with Crippen LogP contribution in [-0.4, -0.2) is 61.7 Å². The summed E-state index contributed by atoms with van der Waals surface area (Å²) in [6.45, 7) is 2.40. The summed E-state index contributed by atoms with van der Waals surface area (Å²) >= 11 is 0. The van der Waals surface area contributed by atoms with Crippen molar-refractivity contribution in [3.05, 3.63) is 89.1 Å². The first-order valence-corrected chi connectivity index (χ1v) is 12.0. The van der Waals surface area contributed by atoms with Crippen LogP contribution in [0.15, 0.2) is 66.9 Å². The summed E-state index contributed by atoms with van der Waals surface area (Å²) in [4.78, 5) is 42.7. The van der Waals surface area contributed by atoms with Gasteiger partial charge in [0.25, 0.3) is 11.8 Å². The number of aryl methyl sites for hydroxylation is 1. The molecule has 1 aliphatic heterocycles. The predicted molar refractivity (Wildman–Crippen MR) is 135 cm³/mol. The van der Waals surface area contributed by atoms with Crippen LogP contribution < -0.4 is 5.32 Å². The normalized spacial score (nSPS) is 16.7. The summed E-state index contributed by atoms with van der Waals surface area (Å²) in [6, 6.07) is 17.4. The Morgan fingerprint density at radius 1 is 1.05 bits per heavy atom. The summed E-state index contributed by atoms with van der Waals surface area (Å²) in [5.74, 6) is -2.63. The fraction of sp³-hybridized carbons (Fsp3) is 0.286. The molecule has 2 heterocycles. The van der Waals surface area contributed by atoms with Gasteiger partial charge in [-0.15, -0.1) is 0 Å². The second kappa shape index (κ2) is 11.3. The van der Waals surface area contributed by atoms with Crippen LogP contribution in [0.2, 0.25) is 0 Å². The highest BCUT2D eigenvalue weighted by molar-refractivity contribution is 5.95. The van der Waals surface area contributed by atoms with E-state index in [2.05, 4.69) is 10.3 Å². The molecule has 0 radical (unpaired) electrons. The van der Waals surface area contributed by atoms with Crippen molar-refractivity contribution in [2.75, 3.05) is 6.54 Å². The number of hydrogen-bond acceptors (Lipinski definition) is 6. The molecule has 1 aliphatic rings. The van der Waals surface area contributed by atoms with Gasteiger partial charge in [0.1, 0.15) is 0 Å². The highest BCUT2D eigenvalue weighted by Gasteiger charge is 2.38. The van der Waals surface area contributed by atoms with Crippen LogP contribution in [0.4, 0.5) is 0 Å². The maximum absolute atomic E-state index is 13.0. The molecule has 2 amide bonds. The van der Waals surface area contributed by atoms with Gasteiger partial charge in [-0.05, 0) is 43.0 Å². The van der Waals surface area contributed by atoms with E-state index >= 15 is 0 Å². The number of aromatic carboxylic acids is 1. The predicted octanol–water partition coefficient (Wildman–Crippen LogP) is 2.46. The number of likely N-dealkylation sites (tertiary alicyclic amines) is 1. The monoisotopic (exact) mass is 503 g/mol. The minimum Gasteiger partial charge on any atom is -0.478 e. The van der Waals surface area contributed by atoms with Crippen LogP contribution >= 0.6 is 0 Å². The van der Waals surface area contributed by atoms with Crippen molar-refractivity contribution in [3.63, 3.8) is 0 Å². The Labute approximate surface area is 214 Å². The van der Waals surface area contributed by atoms with Crippen LogP contribution in [-0.2, 0) is 16.1 Å². The number of carboxylic acid groups (broad SMARTS) is 1. The molecular formula is C28H29N3O6. The number of nitrogens with zero attached hydrogens (tertiary/aromatic N) is 2. The summed E-state index contributed by atoms with van der Waals surface area (Å²) < 4.78 is 0. The maximum atomic E-state index is 13.0. The number of aliphatic hydroxyl groups is 2. The lowest BCUT2D eigenvalue weighted by atomic mass is 10.0. The fourth-order valence-electron chi connectivity index (χ4n) is 4.58. The molecule has 37 heavy (non-hydrogen) atoms. The van der Waals surface area contributed by atoms with Gasteiger partial charge >= 0.3 is 5.97 Å². The molecule has 2 aromatic carbocycles. The molecule has 9 heteroatoms. The van der Waals surface area contributed by atoms with E-state index in [0.717, 1.165) is 24.0 Å². The minimum atomic E-state index is -1.93. The van der Waals surface area contributed by atoms with E-state index < -0.39 is 30.0 Å². The van der Waals surface area contributed by atoms with E-state index in [1.54, 1.807) is 30.3 Å². The van der Waals surface area contributed by atoms with Crippen molar-refractivity contribution < 1.29 is 29.7 Å². The van der Waals surface area contributed by atoms with E-state index in [1.165, 1.54) is 17.2 Å². The number of nitrogens with one attached hydrogen (secondary N) is 1. The molecule has 0 saturated carbocycles. The lowest BCUT2D eigenvalue weighted by molar-refractivity contribution is -0.153. The van der Waals surface area contributed by atoms with Crippen LogP contribution in [0.1, 0.15) is 45.9 Å². The summed E-state index contributed by atoms with van der Waals surface area (Å²) in [5.41, 5.74) is 3.66. The molecular weight excluding hydrogens is 474 g/mol. The average Bonchev–Trinajstić information content (AvgIpc) is 3.41. The Bertz CT molecular complexity index is 1290. The molecule has 1 fully saturated rings. The summed E-state index contributed by atoms with van der Waals surface area (Å²) in [6.07, 6.45) is -0.832. The van der Waals surface area contributed by atoms with Crippen molar-refractivity contribution in [2.24, 2.45) is 0 Å². The Kier molecular flexibility index (Phi) is 7.95. The maximum Gasteiger partial charge on any atom is 0.336 e. The molecule has 192 valence electrons. The van der Waals surface area contributed by atoms with Crippen LogP contribution in [0.5, 0.6) is 0 Å². The fourth-order valence-corrected chi connectivity index (χ4v) is 4.58.